The second kappa shape index (κ2) is 12.7. The highest BCUT2D eigenvalue weighted by Crippen LogP contribution is 2.24. The molecule has 0 bridgehead atoms. The van der Waals surface area contributed by atoms with Gasteiger partial charge in [-0.15, -0.1) is 24.8 Å². The van der Waals surface area contributed by atoms with Gasteiger partial charge in [-0.05, 0) is 83.1 Å². The maximum Gasteiger partial charge on any atom is 0.239 e. The molecule has 0 aliphatic carbocycles. The molecule has 6 heteroatoms. The average molecular weight is 430 g/mol. The van der Waals surface area contributed by atoms with E-state index < -0.39 is 0 Å². The van der Waals surface area contributed by atoms with Gasteiger partial charge in [-0.3, -0.25) is 9.69 Å². The van der Waals surface area contributed by atoms with E-state index in [-0.39, 0.29) is 30.9 Å². The summed E-state index contributed by atoms with van der Waals surface area (Å²) >= 11 is 0. The minimum Gasteiger partial charge on any atom is -0.341 e. The first kappa shape index (κ1) is 25.2. The number of halogens is 2. The second-order valence-electron chi connectivity index (χ2n) is 8.17. The van der Waals surface area contributed by atoms with Crippen LogP contribution in [0.25, 0.3) is 0 Å². The fourth-order valence-corrected chi connectivity index (χ4v) is 4.56. The van der Waals surface area contributed by atoms with Crippen molar-refractivity contribution in [3.05, 3.63) is 35.9 Å². The number of piperidine rings is 2. The summed E-state index contributed by atoms with van der Waals surface area (Å²) in [7, 11) is 2.01. The normalized spacial score (nSPS) is 20.1. The van der Waals surface area contributed by atoms with Gasteiger partial charge in [0.05, 0.1) is 6.04 Å². The fourth-order valence-electron chi connectivity index (χ4n) is 4.56. The quantitative estimate of drug-likeness (QED) is 0.749. The van der Waals surface area contributed by atoms with E-state index in [1.165, 1.54) is 24.8 Å². The molecule has 28 heavy (non-hydrogen) atoms. The Bertz CT molecular complexity index is 556. The van der Waals surface area contributed by atoms with E-state index in [1.807, 2.05) is 7.05 Å². The summed E-state index contributed by atoms with van der Waals surface area (Å²) in [6, 6.07) is 10.8. The van der Waals surface area contributed by atoms with Crippen LogP contribution >= 0.6 is 24.8 Å². The zero-order valence-electron chi connectivity index (χ0n) is 17.3. The summed E-state index contributed by atoms with van der Waals surface area (Å²) in [6.45, 7) is 7.16. The predicted octanol–water partition coefficient (Wildman–Crippen LogP) is 3.63. The zero-order valence-corrected chi connectivity index (χ0v) is 18.9. The Morgan fingerprint density at radius 2 is 1.57 bits per heavy atom. The second-order valence-corrected chi connectivity index (χ2v) is 8.17. The number of nitrogens with zero attached hydrogens (tertiary/aromatic N) is 2. The summed E-state index contributed by atoms with van der Waals surface area (Å²) in [5, 5.41) is 3.27. The lowest BCUT2D eigenvalue weighted by Gasteiger charge is -2.39. The van der Waals surface area contributed by atoms with Gasteiger partial charge >= 0.3 is 0 Å². The lowest BCUT2D eigenvalue weighted by molar-refractivity contribution is -0.138. The number of hydrogen-bond donors (Lipinski definition) is 1. The van der Waals surface area contributed by atoms with Gasteiger partial charge in [-0.2, -0.15) is 0 Å². The number of hydrogen-bond acceptors (Lipinski definition) is 3. The first-order valence-electron chi connectivity index (χ1n) is 10.4. The fraction of sp³-hybridized carbons (Fsp3) is 0.682. The number of carbonyl (C=O) groups excluding carboxylic acids is 1. The third-order valence-corrected chi connectivity index (χ3v) is 6.34. The molecule has 0 saturated carbocycles. The Balaban J connectivity index is 0.00000196. The van der Waals surface area contributed by atoms with Crippen molar-refractivity contribution in [1.29, 1.82) is 0 Å². The van der Waals surface area contributed by atoms with Crippen LogP contribution in [0.2, 0.25) is 0 Å². The molecule has 0 aromatic heterocycles. The first-order valence-corrected chi connectivity index (χ1v) is 10.4. The Labute approximate surface area is 183 Å². The molecule has 160 valence electrons. The molecule has 2 aliphatic rings. The van der Waals surface area contributed by atoms with Crippen LogP contribution in [-0.4, -0.2) is 61.5 Å². The molecule has 0 radical (unpaired) electrons. The number of amides is 1. The van der Waals surface area contributed by atoms with Crippen molar-refractivity contribution >= 4 is 30.7 Å². The zero-order chi connectivity index (χ0) is 18.4. The molecule has 2 heterocycles. The van der Waals surface area contributed by atoms with Gasteiger partial charge < -0.3 is 10.2 Å². The lowest BCUT2D eigenvalue weighted by Crippen LogP contribution is -2.51. The standard InChI is InChI=1S/C22H35N3O.2ClH/c1-18(22(26)25-14-10-21(11-15-25)17-23-2)24-12-8-20(9-13-24)16-19-6-4-3-5-7-19;;/h3-7,18,20-21,23H,8-17H2,1-2H3;2*1H. The minimum atomic E-state index is 0. The van der Waals surface area contributed by atoms with Gasteiger partial charge in [-0.25, -0.2) is 0 Å². The lowest BCUT2D eigenvalue weighted by atomic mass is 9.89. The molecular formula is C22H37Cl2N3O. The summed E-state index contributed by atoms with van der Waals surface area (Å²) in [6.07, 6.45) is 5.86. The van der Waals surface area contributed by atoms with E-state index in [4.69, 9.17) is 0 Å². The molecular weight excluding hydrogens is 393 g/mol. The summed E-state index contributed by atoms with van der Waals surface area (Å²) in [5.41, 5.74) is 1.44. The molecule has 1 amide bonds. The highest BCUT2D eigenvalue weighted by Gasteiger charge is 2.31. The van der Waals surface area contributed by atoms with E-state index in [2.05, 4.69) is 52.4 Å². The SMILES string of the molecule is CNCC1CCN(C(=O)C(C)N2CCC(Cc3ccccc3)CC2)CC1.Cl.Cl. The third-order valence-electron chi connectivity index (χ3n) is 6.34. The monoisotopic (exact) mass is 429 g/mol. The van der Waals surface area contributed by atoms with Crippen molar-refractivity contribution < 1.29 is 4.79 Å². The van der Waals surface area contributed by atoms with Crippen LogP contribution in [0.3, 0.4) is 0 Å². The Hall–Kier alpha value is -0.810. The summed E-state index contributed by atoms with van der Waals surface area (Å²) in [4.78, 5) is 17.4. The van der Waals surface area contributed by atoms with Crippen LogP contribution < -0.4 is 5.32 Å². The smallest absolute Gasteiger partial charge is 0.239 e. The molecule has 1 aromatic carbocycles. The van der Waals surface area contributed by atoms with Crippen molar-refractivity contribution in [1.82, 2.24) is 15.1 Å². The van der Waals surface area contributed by atoms with Crippen molar-refractivity contribution in [2.75, 3.05) is 39.8 Å². The highest BCUT2D eigenvalue weighted by molar-refractivity contribution is 5.85. The van der Waals surface area contributed by atoms with E-state index in [0.717, 1.165) is 57.4 Å². The van der Waals surface area contributed by atoms with Gasteiger partial charge in [0.2, 0.25) is 5.91 Å². The number of nitrogens with one attached hydrogen (secondary N) is 1. The molecule has 1 N–H and O–H groups in total. The number of likely N-dealkylation sites (tertiary alicyclic amines) is 2. The van der Waals surface area contributed by atoms with Crippen molar-refractivity contribution in [2.45, 2.75) is 45.1 Å². The van der Waals surface area contributed by atoms with Gasteiger partial charge in [-0.1, -0.05) is 30.3 Å². The Morgan fingerprint density at radius 1 is 1.00 bits per heavy atom. The van der Waals surface area contributed by atoms with Crippen molar-refractivity contribution in [2.24, 2.45) is 11.8 Å². The Kier molecular flexibility index (Phi) is 11.4. The third kappa shape index (κ3) is 6.91. The molecule has 1 unspecified atom stereocenters. The van der Waals surface area contributed by atoms with Crippen molar-refractivity contribution in [3.8, 4) is 0 Å². The maximum absolute atomic E-state index is 12.9. The van der Waals surface area contributed by atoms with Crippen LogP contribution in [0, 0.1) is 11.8 Å². The van der Waals surface area contributed by atoms with Gasteiger partial charge in [0.25, 0.3) is 0 Å². The molecule has 3 rings (SSSR count). The molecule has 0 spiro atoms. The van der Waals surface area contributed by atoms with Gasteiger partial charge in [0.1, 0.15) is 0 Å². The van der Waals surface area contributed by atoms with E-state index >= 15 is 0 Å². The Morgan fingerprint density at radius 3 is 2.14 bits per heavy atom. The van der Waals surface area contributed by atoms with E-state index in [1.54, 1.807) is 0 Å². The largest absolute Gasteiger partial charge is 0.341 e. The van der Waals surface area contributed by atoms with Crippen LogP contribution in [0.4, 0.5) is 0 Å². The van der Waals surface area contributed by atoms with Crippen LogP contribution in [0.15, 0.2) is 30.3 Å². The number of carbonyl (C=O) groups is 1. The van der Waals surface area contributed by atoms with Crippen LogP contribution in [0.5, 0.6) is 0 Å². The van der Waals surface area contributed by atoms with Crippen LogP contribution in [0.1, 0.15) is 38.2 Å². The molecule has 1 aromatic rings. The number of benzene rings is 1. The highest BCUT2D eigenvalue weighted by atomic mass is 35.5. The topological polar surface area (TPSA) is 35.6 Å². The molecule has 1 atom stereocenters. The van der Waals surface area contributed by atoms with Gasteiger partial charge in [0.15, 0.2) is 0 Å². The first-order chi connectivity index (χ1) is 12.7. The van der Waals surface area contributed by atoms with Gasteiger partial charge in [0, 0.05) is 13.1 Å². The molecule has 2 fully saturated rings. The maximum atomic E-state index is 12.9. The molecule has 2 saturated heterocycles. The predicted molar refractivity (Wildman–Crippen MR) is 122 cm³/mol. The number of rotatable bonds is 6. The van der Waals surface area contributed by atoms with E-state index in [9.17, 15) is 4.79 Å². The molecule has 2 aliphatic heterocycles. The average Bonchev–Trinajstić information content (AvgIpc) is 2.69. The minimum absolute atomic E-state index is 0. The van der Waals surface area contributed by atoms with Crippen LogP contribution in [-0.2, 0) is 11.2 Å². The van der Waals surface area contributed by atoms with E-state index in [0.29, 0.717) is 5.91 Å². The summed E-state index contributed by atoms with van der Waals surface area (Å²) < 4.78 is 0. The van der Waals surface area contributed by atoms with Crippen molar-refractivity contribution in [3.63, 3.8) is 0 Å². The summed E-state index contributed by atoms with van der Waals surface area (Å²) in [5.74, 6) is 1.83. The molecule has 4 nitrogen and oxygen atoms in total.